The van der Waals surface area contributed by atoms with E-state index in [9.17, 15) is 9.18 Å². The number of pyridine rings is 1. The molecule has 0 spiro atoms. The number of carbonyl (C=O) groups is 1. The molecular weight excluding hydrogens is 546 g/mol. The first kappa shape index (κ1) is 27.2. The number of nitrogen functional groups attached to an aromatic ring is 1. The van der Waals surface area contributed by atoms with Gasteiger partial charge in [-0.3, -0.25) is 9.69 Å². The summed E-state index contributed by atoms with van der Waals surface area (Å²) >= 11 is 12.4. The second-order valence-corrected chi connectivity index (χ2v) is 9.96. The highest BCUT2D eigenvalue weighted by Gasteiger charge is 2.23. The van der Waals surface area contributed by atoms with E-state index < -0.39 is 11.9 Å². The van der Waals surface area contributed by atoms with Crippen LogP contribution in [0.2, 0.25) is 10.0 Å². The summed E-state index contributed by atoms with van der Waals surface area (Å²) < 4.78 is 31.4. The highest BCUT2D eigenvalue weighted by molar-refractivity contribution is 6.36. The zero-order valence-electron chi connectivity index (χ0n) is 21.2. The van der Waals surface area contributed by atoms with Crippen molar-refractivity contribution < 1.29 is 23.1 Å². The number of nitrogens with zero attached hydrogens (tertiary/aromatic N) is 2. The van der Waals surface area contributed by atoms with Crippen LogP contribution in [0.15, 0.2) is 53.3 Å². The molecule has 2 aromatic heterocycles. The molecule has 0 bridgehead atoms. The summed E-state index contributed by atoms with van der Waals surface area (Å²) in [4.78, 5) is 19.4. The van der Waals surface area contributed by atoms with Gasteiger partial charge < -0.3 is 24.9 Å². The van der Waals surface area contributed by atoms with Gasteiger partial charge in [-0.25, -0.2) is 9.37 Å². The maximum Gasteiger partial charge on any atom is 0.251 e. The summed E-state index contributed by atoms with van der Waals surface area (Å²) in [6.45, 7) is 6.14. The Kier molecular flexibility index (Phi) is 8.23. The largest absolute Gasteiger partial charge is 0.478 e. The van der Waals surface area contributed by atoms with Gasteiger partial charge in [0.1, 0.15) is 11.9 Å². The predicted octanol–water partition coefficient (Wildman–Crippen LogP) is 5.72. The van der Waals surface area contributed by atoms with Gasteiger partial charge in [0, 0.05) is 54.1 Å². The van der Waals surface area contributed by atoms with Crippen molar-refractivity contribution in [3.05, 3.63) is 75.8 Å². The molecule has 0 aliphatic carbocycles. The zero-order chi connectivity index (χ0) is 27.5. The lowest BCUT2D eigenvalue weighted by atomic mass is 10.0. The maximum atomic E-state index is 14.1. The fraction of sp³-hybridized carbons (Fsp3) is 0.286. The number of rotatable bonds is 8. The molecule has 1 aliphatic rings. The molecule has 11 heteroatoms. The molecule has 0 saturated carbocycles. The first-order valence-corrected chi connectivity index (χ1v) is 13.2. The van der Waals surface area contributed by atoms with Gasteiger partial charge in [0.25, 0.3) is 5.91 Å². The molecule has 39 heavy (non-hydrogen) atoms. The molecular formula is C28H27Cl2FN4O4. The molecule has 0 unspecified atom stereocenters. The fourth-order valence-corrected chi connectivity index (χ4v) is 5.23. The van der Waals surface area contributed by atoms with E-state index in [2.05, 4.69) is 15.2 Å². The highest BCUT2D eigenvalue weighted by Crippen LogP contribution is 2.41. The summed E-state index contributed by atoms with van der Waals surface area (Å²) in [6, 6.07) is 9.84. The molecule has 5 rings (SSSR count). The van der Waals surface area contributed by atoms with Gasteiger partial charge >= 0.3 is 0 Å². The summed E-state index contributed by atoms with van der Waals surface area (Å²) in [5, 5.41) is 3.74. The molecule has 1 atom stereocenters. The molecule has 8 nitrogen and oxygen atoms in total. The Morgan fingerprint density at radius 2 is 2.05 bits per heavy atom. The molecule has 0 radical (unpaired) electrons. The normalized spacial score (nSPS) is 14.9. The third-order valence-corrected chi connectivity index (χ3v) is 7.35. The van der Waals surface area contributed by atoms with Crippen molar-refractivity contribution in [3.63, 3.8) is 0 Å². The van der Waals surface area contributed by atoms with E-state index in [-0.39, 0.29) is 33.1 Å². The van der Waals surface area contributed by atoms with E-state index in [1.165, 1.54) is 12.1 Å². The number of hydrogen-bond donors (Lipinski definition) is 2. The van der Waals surface area contributed by atoms with Gasteiger partial charge in [0.15, 0.2) is 11.4 Å². The van der Waals surface area contributed by atoms with Crippen LogP contribution in [0.1, 0.15) is 28.9 Å². The maximum absolute atomic E-state index is 14.1. The third-order valence-electron chi connectivity index (χ3n) is 6.63. The number of nitrogens with one attached hydrogen (secondary N) is 1. The smallest absolute Gasteiger partial charge is 0.251 e. The number of fused-ring (bicyclic) bond motifs is 1. The number of morpholine rings is 1. The summed E-state index contributed by atoms with van der Waals surface area (Å²) in [7, 11) is 0. The minimum atomic E-state index is -0.756. The number of carbonyl (C=O) groups excluding carboxylic acids is 1. The minimum Gasteiger partial charge on any atom is -0.478 e. The lowest BCUT2D eigenvalue weighted by Crippen LogP contribution is -2.41. The molecule has 1 aliphatic heterocycles. The van der Waals surface area contributed by atoms with Crippen LogP contribution in [0, 0.1) is 5.82 Å². The van der Waals surface area contributed by atoms with Gasteiger partial charge in [0.2, 0.25) is 5.75 Å². The molecule has 1 fully saturated rings. The Hall–Kier alpha value is -3.37. The molecule has 204 valence electrons. The number of ether oxygens (including phenoxy) is 2. The molecule has 1 saturated heterocycles. The number of aromatic nitrogens is 1. The summed E-state index contributed by atoms with van der Waals surface area (Å²) in [5.41, 5.74) is 8.76. The van der Waals surface area contributed by atoms with E-state index in [0.717, 1.165) is 25.2 Å². The van der Waals surface area contributed by atoms with Crippen molar-refractivity contribution >= 4 is 45.9 Å². The van der Waals surface area contributed by atoms with Crippen LogP contribution in [0.3, 0.4) is 0 Å². The predicted molar refractivity (Wildman–Crippen MR) is 149 cm³/mol. The Morgan fingerprint density at radius 3 is 2.85 bits per heavy atom. The third kappa shape index (κ3) is 5.81. The van der Waals surface area contributed by atoms with E-state index >= 15 is 0 Å². The molecule has 4 aromatic rings. The van der Waals surface area contributed by atoms with Crippen molar-refractivity contribution in [2.24, 2.45) is 0 Å². The van der Waals surface area contributed by atoms with Crippen LogP contribution in [-0.4, -0.2) is 55.2 Å². The van der Waals surface area contributed by atoms with Gasteiger partial charge in [-0.2, -0.15) is 0 Å². The Labute approximate surface area is 234 Å². The van der Waals surface area contributed by atoms with Crippen molar-refractivity contribution in [2.75, 3.05) is 45.1 Å². The second kappa shape index (κ2) is 11.8. The topological polar surface area (TPSA) is 103 Å². The summed E-state index contributed by atoms with van der Waals surface area (Å²) in [5.74, 6) is -0.505. The average Bonchev–Trinajstić information content (AvgIpc) is 3.38. The Morgan fingerprint density at radius 1 is 1.26 bits per heavy atom. The number of amides is 1. The van der Waals surface area contributed by atoms with Crippen LogP contribution < -0.4 is 15.8 Å². The van der Waals surface area contributed by atoms with Crippen LogP contribution in [0.4, 0.5) is 10.2 Å². The van der Waals surface area contributed by atoms with E-state index in [1.807, 2.05) is 12.1 Å². The lowest BCUT2D eigenvalue weighted by Gasteiger charge is -2.26. The first-order chi connectivity index (χ1) is 18.8. The van der Waals surface area contributed by atoms with Gasteiger partial charge in [-0.15, -0.1) is 0 Å². The number of furan rings is 1. The van der Waals surface area contributed by atoms with Crippen LogP contribution in [0.25, 0.3) is 22.1 Å². The lowest BCUT2D eigenvalue weighted by molar-refractivity contribution is 0.0383. The molecule has 3 N–H and O–H groups in total. The molecule has 3 heterocycles. The zero-order valence-corrected chi connectivity index (χ0v) is 22.7. The number of anilines is 1. The van der Waals surface area contributed by atoms with Crippen molar-refractivity contribution in [2.45, 2.75) is 13.0 Å². The van der Waals surface area contributed by atoms with Crippen molar-refractivity contribution in [1.29, 1.82) is 0 Å². The number of halogens is 3. The fourth-order valence-electron chi connectivity index (χ4n) is 4.55. The van der Waals surface area contributed by atoms with Crippen molar-refractivity contribution in [1.82, 2.24) is 15.2 Å². The molecule has 1 amide bonds. The van der Waals surface area contributed by atoms with Crippen LogP contribution in [-0.2, 0) is 4.74 Å². The number of hydrogen-bond acceptors (Lipinski definition) is 7. The number of benzene rings is 2. The minimum absolute atomic E-state index is 0.0901. The number of nitrogens with two attached hydrogens (primary N) is 1. The second-order valence-electron chi connectivity index (χ2n) is 9.17. The van der Waals surface area contributed by atoms with Crippen molar-refractivity contribution in [3.8, 4) is 16.9 Å². The SMILES string of the molecule is C[C@@H](Oc1c(N)ncc2c(-c3cccc(C(=O)NCCN4CCOCC4)c3)coc12)c1c(Cl)ccc(F)c1Cl. The average molecular weight is 573 g/mol. The van der Waals surface area contributed by atoms with Gasteiger partial charge in [-0.05, 0) is 36.8 Å². The Bertz CT molecular complexity index is 1510. The van der Waals surface area contributed by atoms with E-state index in [4.69, 9.17) is 42.8 Å². The van der Waals surface area contributed by atoms with Crippen LogP contribution in [0.5, 0.6) is 5.75 Å². The molecule has 2 aromatic carbocycles. The van der Waals surface area contributed by atoms with Gasteiger partial charge in [-0.1, -0.05) is 35.3 Å². The quantitative estimate of drug-likeness (QED) is 0.260. The van der Waals surface area contributed by atoms with Gasteiger partial charge in [0.05, 0.1) is 29.9 Å². The monoisotopic (exact) mass is 572 g/mol. The summed E-state index contributed by atoms with van der Waals surface area (Å²) in [6.07, 6.45) is 2.38. The first-order valence-electron chi connectivity index (χ1n) is 12.5. The Balaban J connectivity index is 1.37. The van der Waals surface area contributed by atoms with Crippen LogP contribution >= 0.6 is 23.2 Å². The highest BCUT2D eigenvalue weighted by atomic mass is 35.5. The van der Waals surface area contributed by atoms with E-state index in [1.54, 1.807) is 31.5 Å². The standard InChI is InChI=1S/C28H27Cl2FN4O4/c1-16(23-21(29)5-6-22(31)24(23)30)39-26-25-19(14-34-27(26)32)20(15-38-25)17-3-2-4-18(13-17)28(36)33-7-8-35-9-11-37-12-10-35/h2-6,13-16H,7-12H2,1H3,(H2,32,34)(H,33,36)/t16-/m1/s1. The van der Waals surface area contributed by atoms with E-state index in [0.29, 0.717) is 41.9 Å².